The molecule has 0 radical (unpaired) electrons. The molecule has 0 saturated carbocycles. The molecule has 0 saturated heterocycles. The molecule has 0 unspecified atom stereocenters. The minimum Gasteiger partial charge on any atom is -0.308 e. The summed E-state index contributed by atoms with van der Waals surface area (Å²) in [5, 5.41) is 7.79. The molecule has 244 valence electrons. The van der Waals surface area contributed by atoms with E-state index >= 15 is 0 Å². The van der Waals surface area contributed by atoms with Gasteiger partial charge in [-0.15, -0.1) is 34.0 Å². The number of anilines is 3. The third-order valence-corrected chi connectivity index (χ3v) is 13.8. The smallest absolute Gasteiger partial charge is 0.0640 e. The minimum atomic E-state index is 1.16. The first kappa shape index (κ1) is 29.9. The summed E-state index contributed by atoms with van der Waals surface area (Å²) >= 11 is 5.66. The molecule has 11 aromatic rings. The Kier molecular flexibility index (Phi) is 6.84. The normalized spacial score (nSPS) is 11.8. The van der Waals surface area contributed by atoms with Crippen LogP contribution in [-0.4, -0.2) is 0 Å². The van der Waals surface area contributed by atoms with Gasteiger partial charge >= 0.3 is 0 Å². The van der Waals surface area contributed by atoms with Gasteiger partial charge < -0.3 is 4.90 Å². The van der Waals surface area contributed by atoms with Crippen molar-refractivity contribution in [2.24, 2.45) is 0 Å². The standard InChI is InChI=1S/C48H29NS3/c1-3-13-30(14-4-1)33-19-12-24-44-45(33)38-29-32(25-28-43(38)50-44)49(40-21-11-20-36-35-17-7-9-22-41(35)51-47(36)40)39-27-26-34(31-15-5-2-6-16-31)48-46(39)37-18-8-10-23-42(37)52-48/h1-29H. The lowest BCUT2D eigenvalue weighted by Crippen LogP contribution is -2.10. The van der Waals surface area contributed by atoms with E-state index in [1.807, 2.05) is 34.0 Å². The second-order valence-electron chi connectivity index (χ2n) is 13.2. The van der Waals surface area contributed by atoms with Crippen LogP contribution < -0.4 is 4.90 Å². The van der Waals surface area contributed by atoms with E-state index in [-0.39, 0.29) is 0 Å². The van der Waals surface area contributed by atoms with E-state index in [2.05, 4.69) is 181 Å². The molecule has 3 heterocycles. The van der Waals surface area contributed by atoms with Crippen LogP contribution in [0.2, 0.25) is 0 Å². The van der Waals surface area contributed by atoms with E-state index in [9.17, 15) is 0 Å². The van der Waals surface area contributed by atoms with Gasteiger partial charge in [0.2, 0.25) is 0 Å². The number of benzene rings is 8. The van der Waals surface area contributed by atoms with E-state index < -0.39 is 0 Å². The highest BCUT2D eigenvalue weighted by molar-refractivity contribution is 7.27. The Morgan fingerprint density at radius 3 is 1.75 bits per heavy atom. The van der Waals surface area contributed by atoms with Crippen LogP contribution in [0.15, 0.2) is 176 Å². The molecule has 0 fully saturated rings. The SMILES string of the molecule is c1ccc(-c2ccc(N(c3ccc4sc5cccc(-c6ccccc6)c5c4c3)c3cccc4c3sc3ccccc34)c3c2sc2ccccc23)cc1. The molecule has 8 aromatic carbocycles. The summed E-state index contributed by atoms with van der Waals surface area (Å²) in [4.78, 5) is 2.54. The largest absolute Gasteiger partial charge is 0.308 e. The van der Waals surface area contributed by atoms with E-state index in [0.29, 0.717) is 0 Å². The average Bonchev–Trinajstić information content (AvgIpc) is 3.91. The number of thiophene rings is 3. The quantitative estimate of drug-likeness (QED) is 0.171. The molecule has 0 aliphatic rings. The van der Waals surface area contributed by atoms with Crippen molar-refractivity contribution in [1.29, 1.82) is 0 Å². The molecule has 4 heteroatoms. The summed E-state index contributed by atoms with van der Waals surface area (Å²) in [5.74, 6) is 0. The van der Waals surface area contributed by atoms with Gasteiger partial charge in [0.05, 0.1) is 16.1 Å². The van der Waals surface area contributed by atoms with Gasteiger partial charge in [0.15, 0.2) is 0 Å². The van der Waals surface area contributed by atoms with Crippen LogP contribution >= 0.6 is 34.0 Å². The maximum atomic E-state index is 2.54. The van der Waals surface area contributed by atoms with Crippen molar-refractivity contribution in [2.45, 2.75) is 0 Å². The van der Waals surface area contributed by atoms with E-state index in [1.165, 1.54) is 94.1 Å². The summed E-state index contributed by atoms with van der Waals surface area (Å²) < 4.78 is 7.82. The van der Waals surface area contributed by atoms with Gasteiger partial charge in [-0.3, -0.25) is 0 Å². The van der Waals surface area contributed by atoms with Gasteiger partial charge in [-0.1, -0.05) is 127 Å². The molecule has 0 spiro atoms. The van der Waals surface area contributed by atoms with Gasteiger partial charge in [-0.25, -0.2) is 0 Å². The number of hydrogen-bond acceptors (Lipinski definition) is 4. The second kappa shape index (κ2) is 11.9. The van der Waals surface area contributed by atoms with Gasteiger partial charge in [0.25, 0.3) is 0 Å². The van der Waals surface area contributed by atoms with Crippen LogP contribution in [0.4, 0.5) is 17.1 Å². The fourth-order valence-electron chi connectivity index (χ4n) is 7.97. The molecule has 0 N–H and O–H groups in total. The Morgan fingerprint density at radius 2 is 0.942 bits per heavy atom. The summed E-state index contributed by atoms with van der Waals surface area (Å²) in [6.07, 6.45) is 0. The average molecular weight is 716 g/mol. The fourth-order valence-corrected chi connectivity index (χ4v) is 11.5. The van der Waals surface area contributed by atoms with Gasteiger partial charge in [0, 0.05) is 61.5 Å². The summed E-state index contributed by atoms with van der Waals surface area (Å²) in [7, 11) is 0. The molecule has 0 atom stereocenters. The van der Waals surface area contributed by atoms with Crippen molar-refractivity contribution in [3.8, 4) is 22.3 Å². The Hall–Kier alpha value is -5.78. The first-order valence-corrected chi connectivity index (χ1v) is 20.0. The topological polar surface area (TPSA) is 3.24 Å². The first-order valence-electron chi connectivity index (χ1n) is 17.5. The van der Waals surface area contributed by atoms with Crippen molar-refractivity contribution in [3.05, 3.63) is 176 Å². The van der Waals surface area contributed by atoms with Crippen molar-refractivity contribution in [1.82, 2.24) is 0 Å². The molecular formula is C48H29NS3. The van der Waals surface area contributed by atoms with Crippen LogP contribution in [0.1, 0.15) is 0 Å². The predicted molar refractivity (Wildman–Crippen MR) is 231 cm³/mol. The molecule has 52 heavy (non-hydrogen) atoms. The monoisotopic (exact) mass is 715 g/mol. The van der Waals surface area contributed by atoms with E-state index in [1.54, 1.807) is 0 Å². The minimum absolute atomic E-state index is 1.16. The van der Waals surface area contributed by atoms with Crippen LogP contribution in [0, 0.1) is 0 Å². The first-order chi connectivity index (χ1) is 25.8. The summed E-state index contributed by atoms with van der Waals surface area (Å²) in [6, 6.07) is 64.8. The summed E-state index contributed by atoms with van der Waals surface area (Å²) in [5.41, 5.74) is 8.58. The van der Waals surface area contributed by atoms with Crippen molar-refractivity contribution >= 4 is 112 Å². The lowest BCUT2D eigenvalue weighted by atomic mass is 9.98. The van der Waals surface area contributed by atoms with Crippen LogP contribution in [0.25, 0.3) is 82.8 Å². The van der Waals surface area contributed by atoms with Gasteiger partial charge in [0.1, 0.15) is 0 Å². The van der Waals surface area contributed by atoms with Crippen molar-refractivity contribution in [3.63, 3.8) is 0 Å². The molecule has 0 amide bonds. The van der Waals surface area contributed by atoms with Crippen LogP contribution in [0.3, 0.4) is 0 Å². The zero-order chi connectivity index (χ0) is 34.2. The molecule has 11 rings (SSSR count). The van der Waals surface area contributed by atoms with E-state index in [4.69, 9.17) is 0 Å². The van der Waals surface area contributed by atoms with Gasteiger partial charge in [-0.05, 0) is 70.8 Å². The Morgan fingerprint density at radius 1 is 0.327 bits per heavy atom. The maximum absolute atomic E-state index is 2.54. The molecular weight excluding hydrogens is 687 g/mol. The predicted octanol–water partition coefficient (Wildman–Crippen LogP) is 15.6. The number of hydrogen-bond donors (Lipinski definition) is 0. The Bertz CT molecular complexity index is 3130. The second-order valence-corrected chi connectivity index (χ2v) is 16.4. The highest BCUT2D eigenvalue weighted by Gasteiger charge is 2.24. The molecule has 0 aliphatic heterocycles. The van der Waals surface area contributed by atoms with E-state index in [0.717, 1.165) is 5.69 Å². The maximum Gasteiger partial charge on any atom is 0.0640 e. The molecule has 1 nitrogen and oxygen atoms in total. The third kappa shape index (κ3) is 4.59. The van der Waals surface area contributed by atoms with Gasteiger partial charge in [-0.2, -0.15) is 0 Å². The van der Waals surface area contributed by atoms with Crippen molar-refractivity contribution < 1.29 is 0 Å². The number of rotatable bonds is 5. The lowest BCUT2D eigenvalue weighted by Gasteiger charge is -2.28. The Balaban J connectivity index is 1.25. The number of nitrogens with zero attached hydrogens (tertiary/aromatic N) is 1. The highest BCUT2D eigenvalue weighted by atomic mass is 32.1. The highest BCUT2D eigenvalue weighted by Crippen LogP contribution is 2.52. The third-order valence-electron chi connectivity index (χ3n) is 10.3. The van der Waals surface area contributed by atoms with Crippen molar-refractivity contribution in [2.75, 3.05) is 4.90 Å². The zero-order valence-corrected chi connectivity index (χ0v) is 30.4. The lowest BCUT2D eigenvalue weighted by molar-refractivity contribution is 1.33. The number of fused-ring (bicyclic) bond motifs is 9. The molecule has 3 aromatic heterocycles. The summed E-state index contributed by atoms with van der Waals surface area (Å²) in [6.45, 7) is 0. The van der Waals surface area contributed by atoms with Crippen LogP contribution in [0.5, 0.6) is 0 Å². The molecule has 0 aliphatic carbocycles. The fraction of sp³-hybridized carbons (Fsp3) is 0. The zero-order valence-electron chi connectivity index (χ0n) is 27.9. The Labute approximate surface area is 312 Å². The van der Waals surface area contributed by atoms with Crippen LogP contribution in [-0.2, 0) is 0 Å². The molecule has 0 bridgehead atoms.